The molecule has 0 spiro atoms. The SMILES string of the molecule is Cc1cccc(NC(=O)CN2CCN(Cc3ccc4ncccc4c3)CC2)c1C. The molecule has 150 valence electrons. The summed E-state index contributed by atoms with van der Waals surface area (Å²) < 4.78 is 0. The van der Waals surface area contributed by atoms with E-state index >= 15 is 0 Å². The summed E-state index contributed by atoms with van der Waals surface area (Å²) in [4.78, 5) is 21.5. The molecule has 0 aliphatic carbocycles. The van der Waals surface area contributed by atoms with Crippen molar-refractivity contribution in [2.24, 2.45) is 0 Å². The van der Waals surface area contributed by atoms with Crippen LogP contribution < -0.4 is 5.32 Å². The van der Waals surface area contributed by atoms with Crippen LogP contribution in [0.5, 0.6) is 0 Å². The standard InChI is InChI=1S/C24H28N4O/c1-18-5-3-7-22(19(18)2)26-24(29)17-28-13-11-27(12-14-28)16-20-8-9-23-21(15-20)6-4-10-25-23/h3-10,15H,11-14,16-17H2,1-2H3,(H,26,29). The maximum atomic E-state index is 12.5. The number of hydrogen-bond donors (Lipinski definition) is 1. The predicted molar refractivity (Wildman–Crippen MR) is 118 cm³/mol. The highest BCUT2D eigenvalue weighted by molar-refractivity contribution is 5.93. The van der Waals surface area contributed by atoms with Gasteiger partial charge in [-0.15, -0.1) is 0 Å². The van der Waals surface area contributed by atoms with E-state index in [0.29, 0.717) is 6.54 Å². The topological polar surface area (TPSA) is 48.5 Å². The number of nitrogens with one attached hydrogen (secondary N) is 1. The Morgan fingerprint density at radius 3 is 2.62 bits per heavy atom. The Hall–Kier alpha value is -2.76. The van der Waals surface area contributed by atoms with Gasteiger partial charge in [-0.1, -0.05) is 24.3 Å². The first kappa shape index (κ1) is 19.6. The van der Waals surface area contributed by atoms with Crippen LogP contribution in [0, 0.1) is 13.8 Å². The van der Waals surface area contributed by atoms with Crippen molar-refractivity contribution < 1.29 is 4.79 Å². The number of hydrogen-bond acceptors (Lipinski definition) is 4. The zero-order valence-corrected chi connectivity index (χ0v) is 17.2. The van der Waals surface area contributed by atoms with E-state index in [4.69, 9.17) is 0 Å². The molecular weight excluding hydrogens is 360 g/mol. The molecule has 1 fully saturated rings. The van der Waals surface area contributed by atoms with Crippen molar-refractivity contribution in [3.8, 4) is 0 Å². The zero-order valence-electron chi connectivity index (χ0n) is 17.2. The minimum atomic E-state index is 0.0641. The van der Waals surface area contributed by atoms with Crippen LogP contribution in [0.1, 0.15) is 16.7 Å². The molecular formula is C24H28N4O. The number of piperazine rings is 1. The second-order valence-corrected chi connectivity index (χ2v) is 7.88. The van der Waals surface area contributed by atoms with Crippen molar-refractivity contribution in [1.29, 1.82) is 0 Å². The summed E-state index contributed by atoms with van der Waals surface area (Å²) in [7, 11) is 0. The molecule has 1 amide bonds. The summed E-state index contributed by atoms with van der Waals surface area (Å²) >= 11 is 0. The van der Waals surface area contributed by atoms with Crippen LogP contribution >= 0.6 is 0 Å². The van der Waals surface area contributed by atoms with Crippen molar-refractivity contribution in [3.05, 3.63) is 71.4 Å². The molecule has 0 atom stereocenters. The normalized spacial score (nSPS) is 15.5. The van der Waals surface area contributed by atoms with Gasteiger partial charge in [0.25, 0.3) is 0 Å². The lowest BCUT2D eigenvalue weighted by Gasteiger charge is -2.34. The van der Waals surface area contributed by atoms with Gasteiger partial charge in [-0.3, -0.25) is 19.6 Å². The van der Waals surface area contributed by atoms with E-state index < -0.39 is 0 Å². The smallest absolute Gasteiger partial charge is 0.238 e. The number of anilines is 1. The van der Waals surface area contributed by atoms with E-state index in [2.05, 4.69) is 57.4 Å². The number of fused-ring (bicyclic) bond motifs is 1. The van der Waals surface area contributed by atoms with Crippen molar-refractivity contribution >= 4 is 22.5 Å². The maximum Gasteiger partial charge on any atom is 0.238 e. The lowest BCUT2D eigenvalue weighted by molar-refractivity contribution is -0.117. The van der Waals surface area contributed by atoms with Gasteiger partial charge in [0.2, 0.25) is 5.91 Å². The maximum absolute atomic E-state index is 12.5. The number of carbonyl (C=O) groups excluding carboxylic acids is 1. The molecule has 0 saturated carbocycles. The summed E-state index contributed by atoms with van der Waals surface area (Å²) in [6, 6.07) is 16.6. The first-order valence-corrected chi connectivity index (χ1v) is 10.2. The van der Waals surface area contributed by atoms with E-state index in [1.807, 2.05) is 31.3 Å². The molecule has 5 heteroatoms. The van der Waals surface area contributed by atoms with E-state index in [0.717, 1.165) is 49.5 Å². The molecule has 1 aliphatic heterocycles. The molecule has 2 heterocycles. The average molecular weight is 389 g/mol. The Morgan fingerprint density at radius 1 is 1.00 bits per heavy atom. The molecule has 0 radical (unpaired) electrons. The van der Waals surface area contributed by atoms with E-state index in [-0.39, 0.29) is 5.91 Å². The third-order valence-electron chi connectivity index (χ3n) is 5.78. The number of carbonyl (C=O) groups is 1. The fourth-order valence-electron chi connectivity index (χ4n) is 3.87. The summed E-state index contributed by atoms with van der Waals surface area (Å²) in [6.07, 6.45) is 1.83. The van der Waals surface area contributed by atoms with Gasteiger partial charge < -0.3 is 5.32 Å². The third-order valence-corrected chi connectivity index (χ3v) is 5.78. The molecule has 4 rings (SSSR count). The van der Waals surface area contributed by atoms with Crippen LogP contribution in [-0.2, 0) is 11.3 Å². The molecule has 1 aliphatic rings. The van der Waals surface area contributed by atoms with Gasteiger partial charge >= 0.3 is 0 Å². The van der Waals surface area contributed by atoms with Gasteiger partial charge in [-0.25, -0.2) is 0 Å². The number of aromatic nitrogens is 1. The minimum absolute atomic E-state index is 0.0641. The molecule has 0 bridgehead atoms. The van der Waals surface area contributed by atoms with Crippen LogP contribution in [0.2, 0.25) is 0 Å². The van der Waals surface area contributed by atoms with Crippen LogP contribution in [0.25, 0.3) is 10.9 Å². The zero-order chi connectivity index (χ0) is 20.2. The molecule has 1 N–H and O–H groups in total. The molecule has 5 nitrogen and oxygen atoms in total. The Labute approximate surface area is 172 Å². The fraction of sp³-hybridized carbons (Fsp3) is 0.333. The number of pyridine rings is 1. The fourth-order valence-corrected chi connectivity index (χ4v) is 3.87. The molecule has 0 unspecified atom stereocenters. The monoisotopic (exact) mass is 388 g/mol. The lowest BCUT2D eigenvalue weighted by Crippen LogP contribution is -2.48. The van der Waals surface area contributed by atoms with Gasteiger partial charge in [-0.2, -0.15) is 0 Å². The van der Waals surface area contributed by atoms with Gasteiger partial charge in [-0.05, 0) is 54.8 Å². The Bertz CT molecular complexity index is 1010. The minimum Gasteiger partial charge on any atom is -0.325 e. The van der Waals surface area contributed by atoms with Crippen LogP contribution in [0.3, 0.4) is 0 Å². The van der Waals surface area contributed by atoms with Crippen LogP contribution in [-0.4, -0.2) is 53.4 Å². The van der Waals surface area contributed by atoms with Crippen molar-refractivity contribution in [2.75, 3.05) is 38.0 Å². The number of amides is 1. The van der Waals surface area contributed by atoms with Gasteiger partial charge in [0.15, 0.2) is 0 Å². The Kier molecular flexibility index (Phi) is 5.88. The predicted octanol–water partition coefficient (Wildman–Crippen LogP) is 3.61. The molecule has 1 aromatic heterocycles. The first-order chi connectivity index (χ1) is 14.1. The van der Waals surface area contributed by atoms with Crippen molar-refractivity contribution in [1.82, 2.24) is 14.8 Å². The quantitative estimate of drug-likeness (QED) is 0.725. The summed E-state index contributed by atoms with van der Waals surface area (Å²) in [6.45, 7) is 9.27. The van der Waals surface area contributed by atoms with E-state index in [1.165, 1.54) is 16.5 Å². The Morgan fingerprint density at radius 2 is 1.79 bits per heavy atom. The molecule has 2 aromatic carbocycles. The van der Waals surface area contributed by atoms with Gasteiger partial charge in [0, 0.05) is 50.0 Å². The number of rotatable bonds is 5. The van der Waals surface area contributed by atoms with Gasteiger partial charge in [0.1, 0.15) is 0 Å². The second kappa shape index (κ2) is 8.72. The number of nitrogens with zero attached hydrogens (tertiary/aromatic N) is 3. The summed E-state index contributed by atoms with van der Waals surface area (Å²) in [5, 5.41) is 4.25. The van der Waals surface area contributed by atoms with Gasteiger partial charge in [0.05, 0.1) is 12.1 Å². The number of aryl methyl sites for hydroxylation is 1. The molecule has 29 heavy (non-hydrogen) atoms. The summed E-state index contributed by atoms with van der Waals surface area (Å²) in [5.41, 5.74) is 5.60. The van der Waals surface area contributed by atoms with Crippen molar-refractivity contribution in [2.45, 2.75) is 20.4 Å². The van der Waals surface area contributed by atoms with E-state index in [9.17, 15) is 4.79 Å². The lowest BCUT2D eigenvalue weighted by atomic mass is 10.1. The second-order valence-electron chi connectivity index (χ2n) is 7.88. The highest BCUT2D eigenvalue weighted by Gasteiger charge is 2.19. The summed E-state index contributed by atoms with van der Waals surface area (Å²) in [5.74, 6) is 0.0641. The highest BCUT2D eigenvalue weighted by Crippen LogP contribution is 2.18. The number of benzene rings is 2. The van der Waals surface area contributed by atoms with E-state index in [1.54, 1.807) is 0 Å². The van der Waals surface area contributed by atoms with Crippen LogP contribution in [0.4, 0.5) is 5.69 Å². The molecule has 3 aromatic rings. The Balaban J connectivity index is 1.27. The highest BCUT2D eigenvalue weighted by atomic mass is 16.2. The van der Waals surface area contributed by atoms with Crippen LogP contribution in [0.15, 0.2) is 54.7 Å². The molecule has 1 saturated heterocycles. The van der Waals surface area contributed by atoms with Crippen molar-refractivity contribution in [3.63, 3.8) is 0 Å². The largest absolute Gasteiger partial charge is 0.325 e. The third kappa shape index (κ3) is 4.81. The first-order valence-electron chi connectivity index (χ1n) is 10.2. The average Bonchev–Trinajstić information content (AvgIpc) is 2.73.